The minimum Gasteiger partial charge on any atom is -0.377 e. The van der Waals surface area contributed by atoms with E-state index in [0.717, 1.165) is 24.5 Å². The van der Waals surface area contributed by atoms with E-state index in [1.165, 1.54) is 0 Å². The van der Waals surface area contributed by atoms with E-state index in [1.807, 2.05) is 32.0 Å². The minimum atomic E-state index is 0.0407. The van der Waals surface area contributed by atoms with E-state index in [-0.39, 0.29) is 12.2 Å². The number of aromatic nitrogens is 1. The third-order valence-electron chi connectivity index (χ3n) is 3.45. The number of fused-ring (bicyclic) bond motifs is 2. The van der Waals surface area contributed by atoms with Crippen molar-refractivity contribution in [3.05, 3.63) is 29.6 Å². The zero-order chi connectivity index (χ0) is 16.3. The van der Waals surface area contributed by atoms with Crippen LogP contribution in [0.1, 0.15) is 25.2 Å². The molecule has 1 aromatic rings. The second kappa shape index (κ2) is 10.7. The number of hydrogen-bond acceptors (Lipinski definition) is 6. The Balaban J connectivity index is 1.89. The molecule has 0 amide bonds. The number of hydrogen-bond donors (Lipinski definition) is 1. The Labute approximate surface area is 138 Å². The van der Waals surface area contributed by atoms with Crippen LogP contribution in [0.3, 0.4) is 0 Å². The number of pyridine rings is 1. The van der Waals surface area contributed by atoms with Gasteiger partial charge in [-0.3, -0.25) is 4.98 Å². The predicted octanol–water partition coefficient (Wildman–Crippen LogP) is 1.53. The van der Waals surface area contributed by atoms with Crippen molar-refractivity contribution < 1.29 is 18.9 Å². The first-order chi connectivity index (χ1) is 11.2. The predicted molar refractivity (Wildman–Crippen MR) is 87.2 cm³/mol. The Morgan fingerprint density at radius 2 is 1.43 bits per heavy atom. The molecule has 1 aliphatic heterocycles. The van der Waals surface area contributed by atoms with Gasteiger partial charge in [-0.2, -0.15) is 0 Å². The smallest absolute Gasteiger partial charge is 0.0892 e. The Kier molecular flexibility index (Phi) is 8.49. The van der Waals surface area contributed by atoms with Crippen molar-refractivity contribution >= 4 is 0 Å². The molecular weight excluding hydrogens is 296 g/mol. The van der Waals surface area contributed by atoms with Gasteiger partial charge < -0.3 is 24.3 Å². The monoisotopic (exact) mass is 324 g/mol. The van der Waals surface area contributed by atoms with Crippen molar-refractivity contribution in [3.63, 3.8) is 0 Å². The van der Waals surface area contributed by atoms with Gasteiger partial charge in [-0.05, 0) is 26.0 Å². The summed E-state index contributed by atoms with van der Waals surface area (Å²) in [7, 11) is 0. The molecule has 6 heteroatoms. The fourth-order valence-electron chi connectivity index (χ4n) is 2.15. The van der Waals surface area contributed by atoms with Crippen LogP contribution in [0, 0.1) is 0 Å². The van der Waals surface area contributed by atoms with Crippen molar-refractivity contribution in [1.82, 2.24) is 10.3 Å². The van der Waals surface area contributed by atoms with E-state index >= 15 is 0 Å². The minimum absolute atomic E-state index is 0.0407. The second-order valence-electron chi connectivity index (χ2n) is 5.76. The Bertz CT molecular complexity index is 409. The zero-order valence-electron chi connectivity index (χ0n) is 14.1. The molecule has 1 N–H and O–H groups in total. The highest BCUT2D eigenvalue weighted by Gasteiger charge is 2.07. The van der Waals surface area contributed by atoms with E-state index in [9.17, 15) is 0 Å². The summed E-state index contributed by atoms with van der Waals surface area (Å²) in [6.45, 7) is 9.10. The van der Waals surface area contributed by atoms with Gasteiger partial charge in [0.25, 0.3) is 0 Å². The molecule has 0 fully saturated rings. The highest BCUT2D eigenvalue weighted by atomic mass is 16.5. The van der Waals surface area contributed by atoms with Crippen molar-refractivity contribution in [2.24, 2.45) is 0 Å². The van der Waals surface area contributed by atoms with E-state index in [1.54, 1.807) is 0 Å². The first-order valence-corrected chi connectivity index (χ1v) is 8.28. The van der Waals surface area contributed by atoms with E-state index in [4.69, 9.17) is 18.9 Å². The van der Waals surface area contributed by atoms with E-state index in [2.05, 4.69) is 10.3 Å². The molecular formula is C17H28N2O4. The fourth-order valence-corrected chi connectivity index (χ4v) is 2.15. The number of nitrogens with one attached hydrogen (secondary N) is 1. The summed E-state index contributed by atoms with van der Waals surface area (Å²) in [6.07, 6.45) is 0.0814. The Morgan fingerprint density at radius 3 is 1.96 bits per heavy atom. The van der Waals surface area contributed by atoms with Gasteiger partial charge in [-0.1, -0.05) is 6.07 Å². The summed E-state index contributed by atoms with van der Waals surface area (Å²) < 4.78 is 22.7. The van der Waals surface area contributed by atoms with Crippen molar-refractivity contribution in [1.29, 1.82) is 0 Å². The lowest BCUT2D eigenvalue weighted by Gasteiger charge is -2.16. The maximum atomic E-state index is 5.78. The molecule has 23 heavy (non-hydrogen) atoms. The molecule has 0 saturated carbocycles. The summed E-state index contributed by atoms with van der Waals surface area (Å²) in [6, 6.07) is 5.91. The lowest BCUT2D eigenvalue weighted by molar-refractivity contribution is -0.0211. The first-order valence-electron chi connectivity index (χ1n) is 8.28. The van der Waals surface area contributed by atoms with Crippen LogP contribution in [-0.4, -0.2) is 56.7 Å². The largest absolute Gasteiger partial charge is 0.377 e. The standard InChI is InChI=1S/C17H28N2O4/c1-14-10-20-8-6-18-7-9-21-11-15(2)23-13-17-5-3-4-16(19-17)12-22-14/h3-5,14-15,18H,6-13H2,1-2H3/t14-,15-/m0/s1. The van der Waals surface area contributed by atoms with Crippen LogP contribution < -0.4 is 5.32 Å². The van der Waals surface area contributed by atoms with Gasteiger partial charge in [0.1, 0.15) is 0 Å². The zero-order valence-corrected chi connectivity index (χ0v) is 14.1. The molecule has 0 saturated heterocycles. The number of ether oxygens (including phenoxy) is 4. The van der Waals surface area contributed by atoms with Crippen molar-refractivity contribution in [2.75, 3.05) is 39.5 Å². The van der Waals surface area contributed by atoms with Gasteiger partial charge in [-0.25, -0.2) is 0 Å². The highest BCUT2D eigenvalue weighted by Crippen LogP contribution is 2.06. The summed E-state index contributed by atoms with van der Waals surface area (Å²) in [5.74, 6) is 0. The Morgan fingerprint density at radius 1 is 0.913 bits per heavy atom. The van der Waals surface area contributed by atoms with Gasteiger partial charge in [0, 0.05) is 13.1 Å². The SMILES string of the molecule is C[C@H]1COCCNCCOC[C@H](C)OCc2cccc(n2)CO1. The molecule has 0 radical (unpaired) electrons. The van der Waals surface area contributed by atoms with Gasteiger partial charge in [0.2, 0.25) is 0 Å². The molecule has 0 aromatic carbocycles. The summed E-state index contributed by atoms with van der Waals surface area (Å²) >= 11 is 0. The summed E-state index contributed by atoms with van der Waals surface area (Å²) in [5.41, 5.74) is 1.81. The van der Waals surface area contributed by atoms with E-state index < -0.39 is 0 Å². The van der Waals surface area contributed by atoms with Crippen LogP contribution in [-0.2, 0) is 32.2 Å². The molecule has 2 atom stereocenters. The molecule has 2 bridgehead atoms. The second-order valence-corrected chi connectivity index (χ2v) is 5.76. The van der Waals surface area contributed by atoms with Gasteiger partial charge in [0.15, 0.2) is 0 Å². The Hall–Kier alpha value is -1.05. The van der Waals surface area contributed by atoms with Gasteiger partial charge >= 0.3 is 0 Å². The van der Waals surface area contributed by atoms with Crippen LogP contribution in [0.4, 0.5) is 0 Å². The first kappa shape index (κ1) is 18.3. The number of rotatable bonds is 0. The lowest BCUT2D eigenvalue weighted by Crippen LogP contribution is -2.27. The molecule has 0 spiro atoms. The number of nitrogens with zero attached hydrogens (tertiary/aromatic N) is 1. The molecule has 2 heterocycles. The average Bonchev–Trinajstić information content (AvgIpc) is 2.56. The normalized spacial score (nSPS) is 26.2. The highest BCUT2D eigenvalue weighted by molar-refractivity contribution is 5.10. The van der Waals surface area contributed by atoms with Crippen LogP contribution in [0.2, 0.25) is 0 Å². The van der Waals surface area contributed by atoms with Gasteiger partial charge in [-0.15, -0.1) is 0 Å². The third kappa shape index (κ3) is 7.85. The molecule has 1 aliphatic rings. The maximum Gasteiger partial charge on any atom is 0.0892 e. The molecule has 1 aromatic heterocycles. The molecule has 0 aliphatic carbocycles. The van der Waals surface area contributed by atoms with Crippen LogP contribution in [0.5, 0.6) is 0 Å². The van der Waals surface area contributed by atoms with Gasteiger partial charge in [0.05, 0.1) is 63.2 Å². The van der Waals surface area contributed by atoms with E-state index in [0.29, 0.717) is 39.6 Å². The summed E-state index contributed by atoms with van der Waals surface area (Å²) in [5, 5.41) is 3.28. The molecule has 2 rings (SSSR count). The summed E-state index contributed by atoms with van der Waals surface area (Å²) in [4.78, 5) is 4.56. The fraction of sp³-hybridized carbons (Fsp3) is 0.706. The van der Waals surface area contributed by atoms with Crippen molar-refractivity contribution in [3.8, 4) is 0 Å². The lowest BCUT2D eigenvalue weighted by atomic mass is 10.3. The topological polar surface area (TPSA) is 61.8 Å². The maximum absolute atomic E-state index is 5.78. The average molecular weight is 324 g/mol. The quantitative estimate of drug-likeness (QED) is 0.781. The van der Waals surface area contributed by atoms with Crippen LogP contribution >= 0.6 is 0 Å². The molecule has 6 nitrogen and oxygen atoms in total. The van der Waals surface area contributed by atoms with Crippen LogP contribution in [0.15, 0.2) is 18.2 Å². The molecule has 0 unspecified atom stereocenters. The third-order valence-corrected chi connectivity index (χ3v) is 3.45. The van der Waals surface area contributed by atoms with Crippen molar-refractivity contribution in [2.45, 2.75) is 39.3 Å². The van der Waals surface area contributed by atoms with Crippen LogP contribution in [0.25, 0.3) is 0 Å². The molecule has 130 valence electrons.